The Balaban J connectivity index is 2.43. The molecule has 0 bridgehead atoms. The van der Waals surface area contributed by atoms with Gasteiger partial charge in [0.2, 0.25) is 5.91 Å². The van der Waals surface area contributed by atoms with E-state index in [4.69, 9.17) is 5.11 Å². The number of carbonyl (C=O) groups excluding carboxylic acids is 1. The van der Waals surface area contributed by atoms with Gasteiger partial charge in [-0.2, -0.15) is 0 Å². The van der Waals surface area contributed by atoms with E-state index in [1.54, 1.807) is 6.08 Å². The van der Waals surface area contributed by atoms with Crippen LogP contribution in [-0.2, 0) is 9.59 Å². The molecule has 0 aliphatic rings. The lowest BCUT2D eigenvalue weighted by molar-refractivity contribution is -0.141. The molecule has 0 radical (unpaired) electrons. The van der Waals surface area contributed by atoms with Crippen LogP contribution < -0.4 is 5.32 Å². The number of aliphatic carboxylic acids is 1. The predicted octanol–water partition coefficient (Wildman–Crippen LogP) is 1.99. The van der Waals surface area contributed by atoms with Crippen LogP contribution in [-0.4, -0.2) is 23.0 Å². The van der Waals surface area contributed by atoms with Gasteiger partial charge in [0, 0.05) is 6.42 Å². The van der Waals surface area contributed by atoms with E-state index in [2.05, 4.69) is 5.32 Å². The third-order valence-corrected chi connectivity index (χ3v) is 2.44. The van der Waals surface area contributed by atoms with Crippen LogP contribution in [0.2, 0.25) is 0 Å². The minimum Gasteiger partial charge on any atom is -0.480 e. The molecule has 18 heavy (non-hydrogen) atoms. The maximum absolute atomic E-state index is 11.4. The van der Waals surface area contributed by atoms with Crippen molar-refractivity contribution in [3.63, 3.8) is 0 Å². The molecule has 0 saturated heterocycles. The molecule has 96 valence electrons. The molecule has 1 amide bonds. The molecule has 1 rings (SSSR count). The number of hydrogen-bond acceptors (Lipinski definition) is 2. The van der Waals surface area contributed by atoms with Gasteiger partial charge in [0.05, 0.1) is 0 Å². The minimum absolute atomic E-state index is 0.172. The fourth-order valence-electron chi connectivity index (χ4n) is 1.34. The molecule has 0 fully saturated rings. The van der Waals surface area contributed by atoms with Gasteiger partial charge in [-0.15, -0.1) is 0 Å². The first kappa shape index (κ1) is 14.0. The molecule has 1 aromatic rings. The third kappa shape index (κ3) is 4.82. The number of carboxylic acids is 1. The number of benzene rings is 1. The summed E-state index contributed by atoms with van der Waals surface area (Å²) in [6.45, 7) is 3.44. The highest BCUT2D eigenvalue weighted by atomic mass is 16.4. The smallest absolute Gasteiger partial charge is 0.325 e. The Hall–Kier alpha value is -2.10. The number of nitrogens with one attached hydrogen (secondary N) is 1. The summed E-state index contributed by atoms with van der Waals surface area (Å²) in [5.74, 6) is -1.33. The average molecular weight is 247 g/mol. The van der Waals surface area contributed by atoms with Crippen molar-refractivity contribution < 1.29 is 14.7 Å². The normalized spacial score (nSPS) is 12.3. The van der Waals surface area contributed by atoms with Crippen molar-refractivity contribution in [3.05, 3.63) is 41.5 Å². The summed E-state index contributed by atoms with van der Waals surface area (Å²) in [5.41, 5.74) is 2.19. The fourth-order valence-corrected chi connectivity index (χ4v) is 1.34. The Labute approximate surface area is 106 Å². The lowest BCUT2D eigenvalue weighted by Gasteiger charge is -2.07. The van der Waals surface area contributed by atoms with Gasteiger partial charge in [-0.1, -0.05) is 42.0 Å². The Kier molecular flexibility index (Phi) is 5.11. The van der Waals surface area contributed by atoms with Crippen molar-refractivity contribution in [1.82, 2.24) is 5.32 Å². The summed E-state index contributed by atoms with van der Waals surface area (Å²) in [6, 6.07) is 7.05. The van der Waals surface area contributed by atoms with E-state index in [0.717, 1.165) is 5.56 Å². The summed E-state index contributed by atoms with van der Waals surface area (Å²) in [6.07, 6.45) is 3.73. The van der Waals surface area contributed by atoms with Crippen molar-refractivity contribution in [2.45, 2.75) is 26.3 Å². The summed E-state index contributed by atoms with van der Waals surface area (Å²) >= 11 is 0. The van der Waals surface area contributed by atoms with Gasteiger partial charge in [-0.25, -0.2) is 0 Å². The van der Waals surface area contributed by atoms with Crippen molar-refractivity contribution >= 4 is 18.0 Å². The first-order chi connectivity index (χ1) is 8.49. The number of carboxylic acid groups (broad SMARTS) is 1. The summed E-state index contributed by atoms with van der Waals surface area (Å²) in [4.78, 5) is 21.9. The topological polar surface area (TPSA) is 66.4 Å². The van der Waals surface area contributed by atoms with E-state index in [1.165, 1.54) is 12.5 Å². The van der Waals surface area contributed by atoms with Gasteiger partial charge in [0.1, 0.15) is 6.04 Å². The zero-order valence-electron chi connectivity index (χ0n) is 10.5. The second-order valence-corrected chi connectivity index (χ2v) is 4.14. The van der Waals surface area contributed by atoms with Crippen molar-refractivity contribution in [2.24, 2.45) is 0 Å². The van der Waals surface area contributed by atoms with E-state index in [9.17, 15) is 9.59 Å². The zero-order valence-corrected chi connectivity index (χ0v) is 10.5. The molecule has 4 heteroatoms. The van der Waals surface area contributed by atoms with E-state index < -0.39 is 12.0 Å². The van der Waals surface area contributed by atoms with Crippen LogP contribution in [0.1, 0.15) is 24.5 Å². The second-order valence-electron chi connectivity index (χ2n) is 4.14. The molecule has 0 aliphatic carbocycles. The molecular weight excluding hydrogens is 230 g/mol. The molecule has 0 aliphatic heterocycles. The Morgan fingerprint density at radius 1 is 1.33 bits per heavy atom. The molecule has 2 N–H and O–H groups in total. The van der Waals surface area contributed by atoms with Crippen LogP contribution in [0.15, 0.2) is 30.3 Å². The van der Waals surface area contributed by atoms with Gasteiger partial charge in [0.15, 0.2) is 0 Å². The number of rotatable bonds is 5. The fraction of sp³-hybridized carbons (Fsp3) is 0.286. The number of amides is 1. The van der Waals surface area contributed by atoms with Crippen molar-refractivity contribution in [3.8, 4) is 0 Å². The largest absolute Gasteiger partial charge is 0.480 e. The van der Waals surface area contributed by atoms with Gasteiger partial charge < -0.3 is 10.4 Å². The minimum atomic E-state index is -1.04. The van der Waals surface area contributed by atoms with Crippen LogP contribution in [0.5, 0.6) is 0 Å². The third-order valence-electron chi connectivity index (χ3n) is 2.44. The highest BCUT2D eigenvalue weighted by Gasteiger charge is 2.12. The molecule has 0 heterocycles. The highest BCUT2D eigenvalue weighted by molar-refractivity contribution is 5.84. The van der Waals surface area contributed by atoms with Crippen LogP contribution in [0.25, 0.3) is 6.08 Å². The number of hydrogen-bond donors (Lipinski definition) is 2. The maximum Gasteiger partial charge on any atom is 0.325 e. The summed E-state index contributed by atoms with van der Waals surface area (Å²) in [5, 5.41) is 11.0. The van der Waals surface area contributed by atoms with E-state index in [-0.39, 0.29) is 12.3 Å². The Morgan fingerprint density at radius 2 is 1.94 bits per heavy atom. The molecule has 4 nitrogen and oxygen atoms in total. The quantitative estimate of drug-likeness (QED) is 0.836. The summed E-state index contributed by atoms with van der Waals surface area (Å²) < 4.78 is 0. The first-order valence-corrected chi connectivity index (χ1v) is 5.74. The van der Waals surface area contributed by atoms with E-state index >= 15 is 0 Å². The standard InChI is InChI=1S/C14H17NO3/c1-10-6-8-12(9-7-10)4-3-5-13(16)15-11(2)14(17)18/h3-4,6-9,11H,5H2,1-2H3,(H,15,16)(H,17,18)/b4-3+/t11-/m0/s1. The zero-order chi connectivity index (χ0) is 13.5. The summed E-state index contributed by atoms with van der Waals surface area (Å²) in [7, 11) is 0. The maximum atomic E-state index is 11.4. The van der Waals surface area contributed by atoms with Gasteiger partial charge in [-0.3, -0.25) is 9.59 Å². The lowest BCUT2D eigenvalue weighted by atomic mass is 10.1. The van der Waals surface area contributed by atoms with Crippen LogP contribution in [0.4, 0.5) is 0 Å². The van der Waals surface area contributed by atoms with Gasteiger partial charge >= 0.3 is 5.97 Å². The van der Waals surface area contributed by atoms with Crippen molar-refractivity contribution in [2.75, 3.05) is 0 Å². The lowest BCUT2D eigenvalue weighted by Crippen LogP contribution is -2.37. The molecule has 0 aromatic heterocycles. The SMILES string of the molecule is Cc1ccc(/C=C/CC(=O)N[C@@H](C)C(=O)O)cc1. The van der Waals surface area contributed by atoms with E-state index in [1.807, 2.05) is 37.3 Å². The van der Waals surface area contributed by atoms with Crippen molar-refractivity contribution in [1.29, 1.82) is 0 Å². The monoisotopic (exact) mass is 247 g/mol. The number of aryl methyl sites for hydroxylation is 1. The average Bonchev–Trinajstić information content (AvgIpc) is 2.31. The van der Waals surface area contributed by atoms with Crippen LogP contribution in [0, 0.1) is 6.92 Å². The van der Waals surface area contributed by atoms with Crippen LogP contribution >= 0.6 is 0 Å². The number of carbonyl (C=O) groups is 2. The molecule has 0 unspecified atom stereocenters. The second kappa shape index (κ2) is 6.59. The molecule has 0 saturated carbocycles. The molecule has 1 atom stereocenters. The van der Waals surface area contributed by atoms with Gasteiger partial charge in [0.25, 0.3) is 0 Å². The molecule has 0 spiro atoms. The molecular formula is C14H17NO3. The Morgan fingerprint density at radius 3 is 2.50 bits per heavy atom. The van der Waals surface area contributed by atoms with Crippen LogP contribution in [0.3, 0.4) is 0 Å². The Bertz CT molecular complexity index is 449. The van der Waals surface area contributed by atoms with E-state index in [0.29, 0.717) is 0 Å². The molecule has 1 aromatic carbocycles. The predicted molar refractivity (Wildman–Crippen MR) is 70.1 cm³/mol. The van der Waals surface area contributed by atoms with Gasteiger partial charge in [-0.05, 0) is 19.4 Å². The first-order valence-electron chi connectivity index (χ1n) is 5.74. The highest BCUT2D eigenvalue weighted by Crippen LogP contribution is 2.05.